The number of nitrogens with zero attached hydrogens (tertiary/aromatic N) is 1. The predicted octanol–water partition coefficient (Wildman–Crippen LogP) is -0.417. The van der Waals surface area contributed by atoms with E-state index in [1.807, 2.05) is 4.90 Å². The summed E-state index contributed by atoms with van der Waals surface area (Å²) in [5.74, 6) is 2.30. The summed E-state index contributed by atoms with van der Waals surface area (Å²) < 4.78 is 0. The van der Waals surface area contributed by atoms with E-state index >= 15 is 0 Å². The Balaban J connectivity index is 2.29. The van der Waals surface area contributed by atoms with Crippen LogP contribution in [0.15, 0.2) is 0 Å². The van der Waals surface area contributed by atoms with Gasteiger partial charge in [0.15, 0.2) is 0 Å². The van der Waals surface area contributed by atoms with Gasteiger partial charge in [0.05, 0.1) is 19.7 Å². The molecule has 0 atom stereocenters. The quantitative estimate of drug-likeness (QED) is 0.586. The van der Waals surface area contributed by atoms with E-state index in [4.69, 9.17) is 11.5 Å². The molecule has 0 radical (unpaired) electrons. The average Bonchev–Trinajstić information content (AvgIpc) is 2.12. The molecule has 0 heterocycles. The first-order valence-electron chi connectivity index (χ1n) is 5.33. The summed E-state index contributed by atoms with van der Waals surface area (Å²) in [6, 6.07) is 0.466. The highest BCUT2D eigenvalue weighted by atomic mass is 16.3. The first-order valence-corrected chi connectivity index (χ1v) is 5.33. The maximum Gasteiger partial charge on any atom is 0.234 e. The van der Waals surface area contributed by atoms with Crippen LogP contribution in [0.2, 0.25) is 0 Å². The summed E-state index contributed by atoms with van der Waals surface area (Å²) in [6.45, 7) is 1.27. The molecule has 1 fully saturated rings. The van der Waals surface area contributed by atoms with Gasteiger partial charge in [-0.3, -0.25) is 9.69 Å². The van der Waals surface area contributed by atoms with E-state index in [-0.39, 0.29) is 19.1 Å². The fourth-order valence-electron chi connectivity index (χ4n) is 1.66. The normalized spacial score (nSPS) is 15.8. The molecule has 4 nitrogen and oxygen atoms in total. The van der Waals surface area contributed by atoms with Gasteiger partial charge in [0.1, 0.15) is 0 Å². The zero-order chi connectivity index (χ0) is 11.1. The summed E-state index contributed by atoms with van der Waals surface area (Å²) in [7, 11) is 0. The highest BCUT2D eigenvalue weighted by Gasteiger charge is 2.25. The van der Waals surface area contributed by atoms with Crippen LogP contribution in [0.1, 0.15) is 19.3 Å². The maximum atomic E-state index is 11.4. The summed E-state index contributed by atoms with van der Waals surface area (Å²) in [5, 5.41) is 11.5. The van der Waals surface area contributed by atoms with Gasteiger partial charge in [0.2, 0.25) is 5.91 Å². The second-order valence-corrected chi connectivity index (χ2v) is 3.76. The molecule has 0 unspecified atom stereocenters. The van der Waals surface area contributed by atoms with Crippen molar-refractivity contribution in [1.29, 1.82) is 0 Å². The van der Waals surface area contributed by atoms with Gasteiger partial charge >= 0.3 is 0 Å². The lowest BCUT2D eigenvalue weighted by Crippen LogP contribution is -2.47. The Morgan fingerprint density at radius 2 is 2.33 bits per heavy atom. The fourth-order valence-corrected chi connectivity index (χ4v) is 1.66. The van der Waals surface area contributed by atoms with E-state index in [0.717, 1.165) is 12.8 Å². The predicted molar refractivity (Wildman–Crippen MR) is 58.1 cm³/mol. The van der Waals surface area contributed by atoms with Crippen LogP contribution < -0.4 is 5.32 Å². The molecule has 0 spiro atoms. The van der Waals surface area contributed by atoms with Gasteiger partial charge in [-0.05, 0) is 12.8 Å². The highest BCUT2D eigenvalue weighted by molar-refractivity contribution is 5.78. The number of rotatable bonds is 6. The number of hydrogen-bond acceptors (Lipinski definition) is 3. The first kappa shape index (κ1) is 12.0. The lowest BCUT2D eigenvalue weighted by atomic mass is 9.91. The molecular formula is C11H18N2O2. The zero-order valence-corrected chi connectivity index (χ0v) is 8.91. The number of carbonyl (C=O) groups is 1. The lowest BCUT2D eigenvalue weighted by Gasteiger charge is -2.36. The number of nitrogens with one attached hydrogen (secondary N) is 1. The molecule has 4 heteroatoms. The molecule has 0 aromatic heterocycles. The SMILES string of the molecule is C#CCNC(=O)CN(CCO)C1CCC1. The molecule has 84 valence electrons. The number of aliphatic hydroxyl groups is 1. The Hall–Kier alpha value is -1.05. The van der Waals surface area contributed by atoms with Crippen LogP contribution in [-0.2, 0) is 4.79 Å². The third kappa shape index (κ3) is 3.90. The number of aliphatic hydroxyl groups excluding tert-OH is 1. The van der Waals surface area contributed by atoms with Gasteiger partial charge < -0.3 is 10.4 Å². The van der Waals surface area contributed by atoms with Crippen LogP contribution in [0.4, 0.5) is 0 Å². The minimum atomic E-state index is -0.0618. The van der Waals surface area contributed by atoms with E-state index < -0.39 is 0 Å². The molecule has 1 aliphatic rings. The van der Waals surface area contributed by atoms with Crippen molar-refractivity contribution in [3.63, 3.8) is 0 Å². The molecule has 1 rings (SSSR count). The van der Waals surface area contributed by atoms with Crippen molar-refractivity contribution in [1.82, 2.24) is 10.2 Å². The van der Waals surface area contributed by atoms with Gasteiger partial charge in [0.25, 0.3) is 0 Å². The van der Waals surface area contributed by atoms with Crippen molar-refractivity contribution in [3.8, 4) is 12.3 Å². The van der Waals surface area contributed by atoms with Crippen LogP contribution in [0.5, 0.6) is 0 Å². The van der Waals surface area contributed by atoms with Gasteiger partial charge in [0, 0.05) is 12.6 Å². The Morgan fingerprint density at radius 1 is 1.60 bits per heavy atom. The smallest absolute Gasteiger partial charge is 0.234 e. The Kier molecular flexibility index (Phi) is 5.16. The lowest BCUT2D eigenvalue weighted by molar-refractivity contribution is -0.123. The molecule has 0 bridgehead atoms. The highest BCUT2D eigenvalue weighted by Crippen LogP contribution is 2.24. The van der Waals surface area contributed by atoms with Gasteiger partial charge in [-0.2, -0.15) is 0 Å². The second kappa shape index (κ2) is 6.44. The standard InChI is InChI=1S/C11H18N2O2/c1-2-6-12-11(15)9-13(7-8-14)10-4-3-5-10/h1,10,14H,3-9H2,(H,12,15). The molecular weight excluding hydrogens is 192 g/mol. The van der Waals surface area contributed by atoms with E-state index in [2.05, 4.69) is 11.2 Å². The van der Waals surface area contributed by atoms with E-state index in [1.165, 1.54) is 6.42 Å². The maximum absolute atomic E-state index is 11.4. The summed E-state index contributed by atoms with van der Waals surface area (Å²) in [6.07, 6.45) is 8.52. The molecule has 0 aliphatic heterocycles. The molecule has 0 aromatic rings. The molecule has 0 aromatic carbocycles. The summed E-state index contributed by atoms with van der Waals surface area (Å²) in [5.41, 5.74) is 0. The Bertz CT molecular complexity index is 243. The topological polar surface area (TPSA) is 52.6 Å². The van der Waals surface area contributed by atoms with E-state index in [1.54, 1.807) is 0 Å². The van der Waals surface area contributed by atoms with Crippen LogP contribution >= 0.6 is 0 Å². The van der Waals surface area contributed by atoms with Gasteiger partial charge in [-0.1, -0.05) is 12.3 Å². The monoisotopic (exact) mass is 210 g/mol. The minimum Gasteiger partial charge on any atom is -0.395 e. The van der Waals surface area contributed by atoms with Crippen LogP contribution in [-0.4, -0.2) is 48.2 Å². The molecule has 1 amide bonds. The van der Waals surface area contributed by atoms with Gasteiger partial charge in [-0.15, -0.1) is 6.42 Å². The number of terminal acetylenes is 1. The van der Waals surface area contributed by atoms with Crippen molar-refractivity contribution in [3.05, 3.63) is 0 Å². The van der Waals surface area contributed by atoms with Crippen LogP contribution in [0.3, 0.4) is 0 Å². The van der Waals surface area contributed by atoms with Crippen LogP contribution in [0, 0.1) is 12.3 Å². The fraction of sp³-hybridized carbons (Fsp3) is 0.727. The number of carbonyl (C=O) groups excluding carboxylic acids is 1. The van der Waals surface area contributed by atoms with Crippen molar-refractivity contribution < 1.29 is 9.90 Å². The summed E-state index contributed by atoms with van der Waals surface area (Å²) >= 11 is 0. The average molecular weight is 210 g/mol. The number of hydrogen-bond donors (Lipinski definition) is 2. The molecule has 1 aliphatic carbocycles. The van der Waals surface area contributed by atoms with Crippen molar-refractivity contribution in [2.75, 3.05) is 26.2 Å². The van der Waals surface area contributed by atoms with Crippen LogP contribution in [0.25, 0.3) is 0 Å². The molecule has 2 N–H and O–H groups in total. The minimum absolute atomic E-state index is 0.0618. The second-order valence-electron chi connectivity index (χ2n) is 3.76. The first-order chi connectivity index (χ1) is 7.27. The van der Waals surface area contributed by atoms with E-state index in [0.29, 0.717) is 19.1 Å². The van der Waals surface area contributed by atoms with E-state index in [9.17, 15) is 4.79 Å². The Labute approximate surface area is 90.6 Å². The van der Waals surface area contributed by atoms with Gasteiger partial charge in [-0.25, -0.2) is 0 Å². The zero-order valence-electron chi connectivity index (χ0n) is 8.91. The molecule has 0 saturated heterocycles. The molecule has 15 heavy (non-hydrogen) atoms. The summed E-state index contributed by atoms with van der Waals surface area (Å²) in [4.78, 5) is 13.4. The van der Waals surface area contributed by atoms with Crippen molar-refractivity contribution >= 4 is 5.91 Å². The largest absolute Gasteiger partial charge is 0.395 e. The third-order valence-corrected chi connectivity index (χ3v) is 2.71. The third-order valence-electron chi connectivity index (χ3n) is 2.71. The molecule has 1 saturated carbocycles. The van der Waals surface area contributed by atoms with Crippen molar-refractivity contribution in [2.24, 2.45) is 0 Å². The van der Waals surface area contributed by atoms with Crippen molar-refractivity contribution in [2.45, 2.75) is 25.3 Å². The number of amides is 1. The Morgan fingerprint density at radius 3 is 2.80 bits per heavy atom.